The maximum atomic E-state index is 13.4. The number of carbonyl (C=O) groups is 2. The van der Waals surface area contributed by atoms with E-state index in [1.165, 1.54) is 6.07 Å². The highest BCUT2D eigenvalue weighted by atomic mass is 19.1. The topological polar surface area (TPSA) is 43.4 Å². The average Bonchev–Trinajstić information content (AvgIpc) is 2.15. The highest BCUT2D eigenvalue weighted by Crippen LogP contribution is 2.30. The molecule has 1 fully saturated rings. The lowest BCUT2D eigenvalue weighted by atomic mass is 9.91. The minimum atomic E-state index is -0.743. The average molecular weight is 226 g/mol. The fourth-order valence-corrected chi connectivity index (χ4v) is 1.74. The third kappa shape index (κ3) is 2.08. The van der Waals surface area contributed by atoms with Gasteiger partial charge in [0.2, 0.25) is 0 Å². The first-order chi connectivity index (χ1) is 7.56. The van der Waals surface area contributed by atoms with Crippen LogP contribution in [0.5, 0.6) is 0 Å². The molecule has 0 atom stereocenters. The van der Waals surface area contributed by atoms with Crippen molar-refractivity contribution >= 4 is 11.9 Å². The molecule has 1 aliphatic rings. The third-order valence-corrected chi connectivity index (χ3v) is 2.46. The Kier molecular flexibility index (Phi) is 2.68. The van der Waals surface area contributed by atoms with Crippen LogP contribution in [0.25, 0.3) is 0 Å². The van der Waals surface area contributed by atoms with Crippen molar-refractivity contribution in [3.05, 3.63) is 35.4 Å². The maximum absolute atomic E-state index is 13.4. The van der Waals surface area contributed by atoms with Gasteiger partial charge in [0.25, 0.3) is 0 Å². The Labute approximate surface area is 90.0 Å². The van der Waals surface area contributed by atoms with Gasteiger partial charge in [-0.15, -0.1) is 0 Å². The van der Waals surface area contributed by atoms with Gasteiger partial charge in [0.1, 0.15) is 11.6 Å². The zero-order valence-corrected chi connectivity index (χ0v) is 8.20. The van der Waals surface area contributed by atoms with Crippen LogP contribution in [0.3, 0.4) is 0 Å². The summed E-state index contributed by atoms with van der Waals surface area (Å²) in [6.45, 7) is 0. The summed E-state index contributed by atoms with van der Waals surface area (Å²) in [7, 11) is 0. The largest absolute Gasteiger partial charge is 0.393 e. The molecule has 5 heteroatoms. The molecule has 1 saturated heterocycles. The molecule has 0 aromatic heterocycles. The summed E-state index contributed by atoms with van der Waals surface area (Å²) in [6.07, 6.45) is -0.122. The van der Waals surface area contributed by atoms with Crippen molar-refractivity contribution in [3.63, 3.8) is 0 Å². The highest BCUT2D eigenvalue weighted by Gasteiger charge is 2.29. The van der Waals surface area contributed by atoms with Gasteiger partial charge in [0, 0.05) is 12.0 Å². The fourth-order valence-electron chi connectivity index (χ4n) is 1.74. The summed E-state index contributed by atoms with van der Waals surface area (Å²) in [4.78, 5) is 22.0. The van der Waals surface area contributed by atoms with E-state index in [4.69, 9.17) is 0 Å². The van der Waals surface area contributed by atoms with E-state index >= 15 is 0 Å². The summed E-state index contributed by atoms with van der Waals surface area (Å²) >= 11 is 0. The van der Waals surface area contributed by atoms with Gasteiger partial charge in [-0.25, -0.2) is 8.78 Å². The lowest BCUT2D eigenvalue weighted by molar-refractivity contribution is -0.163. The molecule has 1 aromatic carbocycles. The number of ether oxygens (including phenoxy) is 1. The lowest BCUT2D eigenvalue weighted by Gasteiger charge is -2.20. The van der Waals surface area contributed by atoms with E-state index in [0.717, 1.165) is 12.1 Å². The van der Waals surface area contributed by atoms with Crippen LogP contribution in [0.1, 0.15) is 24.3 Å². The molecule has 2 rings (SSSR count). The van der Waals surface area contributed by atoms with Gasteiger partial charge in [-0.3, -0.25) is 9.59 Å². The van der Waals surface area contributed by atoms with Crippen LogP contribution < -0.4 is 0 Å². The number of carbonyl (C=O) groups excluding carboxylic acids is 2. The number of cyclic esters (lactones) is 2. The summed E-state index contributed by atoms with van der Waals surface area (Å²) in [6, 6.07) is 3.09. The zero-order valence-electron chi connectivity index (χ0n) is 8.20. The molecule has 0 spiro atoms. The van der Waals surface area contributed by atoms with Crippen LogP contribution in [0.4, 0.5) is 8.78 Å². The van der Waals surface area contributed by atoms with Gasteiger partial charge in [-0.2, -0.15) is 0 Å². The molecule has 0 N–H and O–H groups in total. The number of esters is 2. The van der Waals surface area contributed by atoms with Gasteiger partial charge in [0.05, 0.1) is 12.8 Å². The van der Waals surface area contributed by atoms with E-state index in [1.54, 1.807) is 0 Å². The molecule has 0 amide bonds. The molecule has 1 heterocycles. The van der Waals surface area contributed by atoms with E-state index in [1.807, 2.05) is 0 Å². The molecular formula is C11H8F2O3. The van der Waals surface area contributed by atoms with Gasteiger partial charge in [0.15, 0.2) is 0 Å². The highest BCUT2D eigenvalue weighted by molar-refractivity contribution is 5.89. The predicted octanol–water partition coefficient (Wildman–Crippen LogP) is 1.91. The first-order valence-corrected chi connectivity index (χ1v) is 4.74. The summed E-state index contributed by atoms with van der Waals surface area (Å²) in [5.41, 5.74) is 0.173. The Hall–Kier alpha value is -1.78. The van der Waals surface area contributed by atoms with Crippen LogP contribution in [0, 0.1) is 11.6 Å². The van der Waals surface area contributed by atoms with E-state index in [2.05, 4.69) is 4.74 Å². The van der Waals surface area contributed by atoms with Crippen LogP contribution in [-0.4, -0.2) is 11.9 Å². The molecule has 0 saturated carbocycles. The summed E-state index contributed by atoms with van der Waals surface area (Å²) in [5, 5.41) is 0. The van der Waals surface area contributed by atoms with E-state index < -0.39 is 29.5 Å². The molecular weight excluding hydrogens is 218 g/mol. The number of hydrogen-bond donors (Lipinski definition) is 0. The minimum Gasteiger partial charge on any atom is -0.393 e. The molecule has 0 bridgehead atoms. The minimum absolute atomic E-state index is 0.0612. The van der Waals surface area contributed by atoms with Crippen molar-refractivity contribution < 1.29 is 23.1 Å². The van der Waals surface area contributed by atoms with E-state index in [0.29, 0.717) is 0 Å². The van der Waals surface area contributed by atoms with Gasteiger partial charge < -0.3 is 4.74 Å². The molecule has 84 valence electrons. The Morgan fingerprint density at radius 2 is 1.75 bits per heavy atom. The standard InChI is InChI=1S/C11H8F2O3/c12-7-1-2-8(9(13)5-7)6-3-10(14)16-11(15)4-6/h1-2,5-6H,3-4H2. The molecule has 0 unspecified atom stereocenters. The molecule has 3 nitrogen and oxygen atoms in total. The fraction of sp³-hybridized carbons (Fsp3) is 0.273. The second-order valence-corrected chi connectivity index (χ2v) is 3.62. The molecule has 0 aliphatic carbocycles. The summed E-state index contributed by atoms with van der Waals surface area (Å²) in [5.74, 6) is -3.34. The quantitative estimate of drug-likeness (QED) is 0.542. The molecule has 1 aromatic rings. The van der Waals surface area contributed by atoms with E-state index in [-0.39, 0.29) is 18.4 Å². The Balaban J connectivity index is 2.29. The van der Waals surface area contributed by atoms with Crippen LogP contribution in [0.15, 0.2) is 18.2 Å². The Morgan fingerprint density at radius 1 is 1.12 bits per heavy atom. The van der Waals surface area contributed by atoms with Crippen LogP contribution >= 0.6 is 0 Å². The Bertz CT molecular complexity index is 441. The van der Waals surface area contributed by atoms with Crippen LogP contribution in [0.2, 0.25) is 0 Å². The zero-order chi connectivity index (χ0) is 11.7. The van der Waals surface area contributed by atoms with Gasteiger partial charge >= 0.3 is 11.9 Å². The van der Waals surface area contributed by atoms with Crippen molar-refractivity contribution in [1.82, 2.24) is 0 Å². The third-order valence-electron chi connectivity index (χ3n) is 2.46. The van der Waals surface area contributed by atoms with E-state index in [9.17, 15) is 18.4 Å². The van der Waals surface area contributed by atoms with Crippen molar-refractivity contribution in [3.8, 4) is 0 Å². The maximum Gasteiger partial charge on any atom is 0.314 e. The van der Waals surface area contributed by atoms with Crippen LogP contribution in [-0.2, 0) is 14.3 Å². The number of benzene rings is 1. The van der Waals surface area contributed by atoms with Crippen molar-refractivity contribution in [2.24, 2.45) is 0 Å². The second-order valence-electron chi connectivity index (χ2n) is 3.62. The van der Waals surface area contributed by atoms with Gasteiger partial charge in [-0.1, -0.05) is 6.07 Å². The lowest BCUT2D eigenvalue weighted by Crippen LogP contribution is -2.24. The van der Waals surface area contributed by atoms with Gasteiger partial charge in [-0.05, 0) is 11.6 Å². The molecule has 0 radical (unpaired) electrons. The molecule has 1 aliphatic heterocycles. The second kappa shape index (κ2) is 4.00. The number of rotatable bonds is 1. The van der Waals surface area contributed by atoms with Crippen molar-refractivity contribution in [2.45, 2.75) is 18.8 Å². The van der Waals surface area contributed by atoms with Crippen molar-refractivity contribution in [1.29, 1.82) is 0 Å². The smallest absolute Gasteiger partial charge is 0.314 e. The SMILES string of the molecule is O=C1CC(c2ccc(F)cc2F)CC(=O)O1. The predicted molar refractivity (Wildman–Crippen MR) is 49.4 cm³/mol. The Morgan fingerprint density at radius 3 is 2.31 bits per heavy atom. The number of hydrogen-bond acceptors (Lipinski definition) is 3. The first-order valence-electron chi connectivity index (χ1n) is 4.74. The monoisotopic (exact) mass is 226 g/mol. The number of halogens is 2. The van der Waals surface area contributed by atoms with Crippen molar-refractivity contribution in [2.75, 3.05) is 0 Å². The molecule has 16 heavy (non-hydrogen) atoms. The first kappa shape index (κ1) is 10.7. The normalized spacial score (nSPS) is 17.4. The summed E-state index contributed by atoms with van der Waals surface area (Å²) < 4.78 is 30.4.